The Balaban J connectivity index is 0.00000196. The molecule has 15 heavy (non-hydrogen) atoms. The second kappa shape index (κ2) is 7.04. The molecule has 1 N–H and O–H groups in total. The number of carbonyl (C=O) groups excluding carboxylic acids is 1. The number of hydrogen-bond donors (Lipinski definition) is 1. The highest BCUT2D eigenvalue weighted by molar-refractivity contribution is 5.85. The van der Waals surface area contributed by atoms with E-state index >= 15 is 0 Å². The lowest BCUT2D eigenvalue weighted by Gasteiger charge is -2.35. The highest BCUT2D eigenvalue weighted by atomic mass is 35.5. The van der Waals surface area contributed by atoms with Gasteiger partial charge in [0, 0.05) is 25.2 Å². The topological polar surface area (TPSA) is 41.6 Å². The summed E-state index contributed by atoms with van der Waals surface area (Å²) in [6.07, 6.45) is 0. The van der Waals surface area contributed by atoms with Gasteiger partial charge in [0.2, 0.25) is 0 Å². The molecule has 0 spiro atoms. The van der Waals surface area contributed by atoms with Gasteiger partial charge in [-0.15, -0.1) is 12.4 Å². The van der Waals surface area contributed by atoms with E-state index in [1.165, 1.54) is 0 Å². The third kappa shape index (κ3) is 5.35. The number of rotatable bonds is 3. The minimum Gasteiger partial charge on any atom is -0.465 e. The van der Waals surface area contributed by atoms with Gasteiger partial charge in [-0.25, -0.2) is 0 Å². The van der Waals surface area contributed by atoms with Crippen LogP contribution in [-0.2, 0) is 9.53 Å². The quantitative estimate of drug-likeness (QED) is 0.731. The van der Waals surface area contributed by atoms with Gasteiger partial charge in [0.1, 0.15) is 0 Å². The van der Waals surface area contributed by atoms with E-state index in [0.717, 1.165) is 13.1 Å². The Hall–Kier alpha value is -0.320. The van der Waals surface area contributed by atoms with Crippen LogP contribution in [0.4, 0.5) is 0 Å². The maximum absolute atomic E-state index is 11.2. The standard InChI is InChI=1S/C10H20N2O2.ClH/c1-4-14-10(13)7-12-5-8(2)11-9(3)6-12;/h8-9,11H,4-7H2,1-3H3;1H. The molecule has 0 aromatic rings. The molecule has 1 rings (SSSR count). The molecular weight excluding hydrogens is 216 g/mol. The van der Waals surface area contributed by atoms with Gasteiger partial charge in [-0.3, -0.25) is 9.69 Å². The number of nitrogens with zero attached hydrogens (tertiary/aromatic N) is 1. The first-order chi connectivity index (χ1) is 6.61. The van der Waals surface area contributed by atoms with Crippen LogP contribution >= 0.6 is 12.4 Å². The van der Waals surface area contributed by atoms with Crippen LogP contribution < -0.4 is 5.32 Å². The zero-order valence-electron chi connectivity index (χ0n) is 9.66. The number of esters is 1. The number of carbonyl (C=O) groups is 1. The molecular formula is C10H21ClN2O2. The van der Waals surface area contributed by atoms with E-state index in [-0.39, 0.29) is 18.4 Å². The number of ether oxygens (including phenoxy) is 1. The summed E-state index contributed by atoms with van der Waals surface area (Å²) in [5, 5.41) is 3.42. The first kappa shape index (κ1) is 14.7. The van der Waals surface area contributed by atoms with Crippen LogP contribution in [0.5, 0.6) is 0 Å². The molecule has 2 atom stereocenters. The lowest BCUT2D eigenvalue weighted by atomic mass is 10.1. The van der Waals surface area contributed by atoms with Crippen LogP contribution in [0.1, 0.15) is 20.8 Å². The van der Waals surface area contributed by atoms with Crippen molar-refractivity contribution in [2.24, 2.45) is 0 Å². The van der Waals surface area contributed by atoms with Crippen LogP contribution in [0.2, 0.25) is 0 Å². The summed E-state index contributed by atoms with van der Waals surface area (Å²) in [5.74, 6) is -0.117. The van der Waals surface area contributed by atoms with Gasteiger partial charge in [-0.05, 0) is 20.8 Å². The third-order valence-corrected chi connectivity index (χ3v) is 2.29. The van der Waals surface area contributed by atoms with Gasteiger partial charge in [0.05, 0.1) is 13.2 Å². The van der Waals surface area contributed by atoms with E-state index < -0.39 is 0 Å². The normalized spacial score (nSPS) is 26.9. The Bertz CT molecular complexity index is 192. The first-order valence-electron chi connectivity index (χ1n) is 5.25. The minimum absolute atomic E-state index is 0. The van der Waals surface area contributed by atoms with Crippen molar-refractivity contribution < 1.29 is 9.53 Å². The van der Waals surface area contributed by atoms with Crippen molar-refractivity contribution in [2.75, 3.05) is 26.2 Å². The minimum atomic E-state index is -0.117. The lowest BCUT2D eigenvalue weighted by molar-refractivity contribution is -0.144. The molecule has 2 unspecified atom stereocenters. The van der Waals surface area contributed by atoms with Crippen molar-refractivity contribution in [3.05, 3.63) is 0 Å². The molecule has 0 amide bonds. The Morgan fingerprint density at radius 2 is 1.93 bits per heavy atom. The molecule has 1 saturated heterocycles. The fraction of sp³-hybridized carbons (Fsp3) is 0.900. The molecule has 0 radical (unpaired) electrons. The van der Waals surface area contributed by atoms with Gasteiger partial charge in [0.15, 0.2) is 0 Å². The van der Waals surface area contributed by atoms with Crippen molar-refractivity contribution in [2.45, 2.75) is 32.9 Å². The van der Waals surface area contributed by atoms with Crippen molar-refractivity contribution in [3.8, 4) is 0 Å². The first-order valence-corrected chi connectivity index (χ1v) is 5.25. The molecule has 1 heterocycles. The van der Waals surface area contributed by atoms with Crippen LogP contribution in [0.25, 0.3) is 0 Å². The molecule has 0 aromatic carbocycles. The van der Waals surface area contributed by atoms with Crippen LogP contribution in [0.3, 0.4) is 0 Å². The Labute approximate surface area is 97.8 Å². The number of piperazine rings is 1. The molecule has 0 saturated carbocycles. The predicted octanol–water partition coefficient (Wildman–Crippen LogP) is 0.653. The SMILES string of the molecule is CCOC(=O)CN1CC(C)NC(C)C1.Cl. The molecule has 1 aliphatic rings. The van der Waals surface area contributed by atoms with E-state index in [9.17, 15) is 4.79 Å². The monoisotopic (exact) mass is 236 g/mol. The number of halogens is 1. The van der Waals surface area contributed by atoms with Crippen LogP contribution in [-0.4, -0.2) is 49.2 Å². The Kier molecular flexibility index (Phi) is 6.89. The van der Waals surface area contributed by atoms with Crippen LogP contribution in [0, 0.1) is 0 Å². The molecule has 4 nitrogen and oxygen atoms in total. The summed E-state index contributed by atoms with van der Waals surface area (Å²) < 4.78 is 4.91. The maximum atomic E-state index is 11.2. The van der Waals surface area contributed by atoms with E-state index in [1.54, 1.807) is 0 Å². The van der Waals surface area contributed by atoms with E-state index in [4.69, 9.17) is 4.74 Å². The molecule has 0 aromatic heterocycles. The molecule has 90 valence electrons. The zero-order chi connectivity index (χ0) is 10.6. The van der Waals surface area contributed by atoms with Crippen molar-refractivity contribution in [1.29, 1.82) is 0 Å². The second-order valence-corrected chi connectivity index (χ2v) is 3.97. The summed E-state index contributed by atoms with van der Waals surface area (Å²) >= 11 is 0. The van der Waals surface area contributed by atoms with Crippen molar-refractivity contribution >= 4 is 18.4 Å². The summed E-state index contributed by atoms with van der Waals surface area (Å²) in [6.45, 7) is 8.83. The molecule has 1 fully saturated rings. The summed E-state index contributed by atoms with van der Waals surface area (Å²) in [7, 11) is 0. The van der Waals surface area contributed by atoms with Gasteiger partial charge >= 0.3 is 5.97 Å². The highest BCUT2D eigenvalue weighted by Gasteiger charge is 2.22. The molecule has 5 heteroatoms. The van der Waals surface area contributed by atoms with Gasteiger partial charge < -0.3 is 10.1 Å². The molecule has 0 aliphatic carbocycles. The maximum Gasteiger partial charge on any atom is 0.320 e. The van der Waals surface area contributed by atoms with Crippen LogP contribution in [0.15, 0.2) is 0 Å². The average Bonchev–Trinajstić information content (AvgIpc) is 2.01. The predicted molar refractivity (Wildman–Crippen MR) is 62.4 cm³/mol. The number of hydrogen-bond acceptors (Lipinski definition) is 4. The van der Waals surface area contributed by atoms with Crippen molar-refractivity contribution in [3.63, 3.8) is 0 Å². The van der Waals surface area contributed by atoms with E-state index in [2.05, 4.69) is 24.1 Å². The van der Waals surface area contributed by atoms with E-state index in [1.807, 2.05) is 6.92 Å². The molecule has 0 bridgehead atoms. The Morgan fingerprint density at radius 1 is 1.40 bits per heavy atom. The third-order valence-electron chi connectivity index (χ3n) is 2.29. The van der Waals surface area contributed by atoms with Gasteiger partial charge in [-0.1, -0.05) is 0 Å². The van der Waals surface area contributed by atoms with E-state index in [0.29, 0.717) is 25.2 Å². The fourth-order valence-electron chi connectivity index (χ4n) is 1.96. The fourth-order valence-corrected chi connectivity index (χ4v) is 1.96. The summed E-state index contributed by atoms with van der Waals surface area (Å²) in [6, 6.07) is 0.904. The smallest absolute Gasteiger partial charge is 0.320 e. The summed E-state index contributed by atoms with van der Waals surface area (Å²) in [4.78, 5) is 13.4. The van der Waals surface area contributed by atoms with Gasteiger partial charge in [-0.2, -0.15) is 0 Å². The average molecular weight is 237 g/mol. The highest BCUT2D eigenvalue weighted by Crippen LogP contribution is 2.03. The summed E-state index contributed by atoms with van der Waals surface area (Å²) in [5.41, 5.74) is 0. The number of nitrogens with one attached hydrogen (secondary N) is 1. The zero-order valence-corrected chi connectivity index (χ0v) is 10.5. The largest absolute Gasteiger partial charge is 0.465 e. The Morgan fingerprint density at radius 3 is 2.40 bits per heavy atom. The second-order valence-electron chi connectivity index (χ2n) is 3.97. The molecule has 1 aliphatic heterocycles. The lowest BCUT2D eigenvalue weighted by Crippen LogP contribution is -2.55. The van der Waals surface area contributed by atoms with Crippen molar-refractivity contribution in [1.82, 2.24) is 10.2 Å². The van der Waals surface area contributed by atoms with Gasteiger partial charge in [0.25, 0.3) is 0 Å².